The summed E-state index contributed by atoms with van der Waals surface area (Å²) in [4.78, 5) is 17.9. The Balaban J connectivity index is 2.21. The first-order valence-electron chi connectivity index (χ1n) is 6.65. The second-order valence-corrected chi connectivity index (χ2v) is 8.05. The first-order chi connectivity index (χ1) is 9.52. The number of hydrogen-bond acceptors (Lipinski definition) is 4. The number of thioether (sulfide) groups is 1. The molecule has 104 valence electrons. The fourth-order valence-electron chi connectivity index (χ4n) is 2.83. The Bertz CT molecular complexity index is 659. The van der Waals surface area contributed by atoms with Crippen molar-refractivity contribution >= 4 is 28.9 Å². The SMILES string of the molecule is CSc1sc(-c2cccnc2)c2c1C(=O)CC(C)(C)C2. The number of nitrogens with zero attached hydrogens (tertiary/aromatic N) is 1. The summed E-state index contributed by atoms with van der Waals surface area (Å²) in [5, 5.41) is 0. The van der Waals surface area contributed by atoms with E-state index in [-0.39, 0.29) is 5.41 Å². The summed E-state index contributed by atoms with van der Waals surface area (Å²) in [6.07, 6.45) is 7.34. The van der Waals surface area contributed by atoms with E-state index in [0.29, 0.717) is 12.2 Å². The molecule has 0 amide bonds. The lowest BCUT2D eigenvalue weighted by molar-refractivity contribution is 0.0910. The summed E-state index contributed by atoms with van der Waals surface area (Å²) in [6, 6.07) is 4.03. The average Bonchev–Trinajstić information content (AvgIpc) is 2.77. The van der Waals surface area contributed by atoms with Gasteiger partial charge in [-0.3, -0.25) is 9.78 Å². The number of Topliss-reactive ketones (excluding diaryl/α,β-unsaturated/α-hetero) is 1. The number of rotatable bonds is 2. The van der Waals surface area contributed by atoms with Gasteiger partial charge in [0.1, 0.15) is 0 Å². The standard InChI is InChI=1S/C16H17NOS2/c1-16(2)7-11-13(12(18)8-16)15(19-3)20-14(11)10-5-4-6-17-9-10/h4-6,9H,7-8H2,1-3H3. The molecule has 2 heterocycles. The lowest BCUT2D eigenvalue weighted by Gasteiger charge is -2.29. The zero-order chi connectivity index (χ0) is 14.3. The Morgan fingerprint density at radius 3 is 2.80 bits per heavy atom. The van der Waals surface area contributed by atoms with Crippen molar-refractivity contribution in [1.82, 2.24) is 4.98 Å². The molecule has 0 atom stereocenters. The van der Waals surface area contributed by atoms with E-state index >= 15 is 0 Å². The largest absolute Gasteiger partial charge is 0.294 e. The number of carbonyl (C=O) groups is 1. The second kappa shape index (κ2) is 5.01. The Kier molecular flexibility index (Phi) is 3.46. The van der Waals surface area contributed by atoms with Crippen LogP contribution in [0.3, 0.4) is 0 Å². The van der Waals surface area contributed by atoms with E-state index in [1.165, 1.54) is 10.4 Å². The van der Waals surface area contributed by atoms with E-state index in [2.05, 4.69) is 24.9 Å². The van der Waals surface area contributed by atoms with Crippen molar-refractivity contribution in [2.24, 2.45) is 5.41 Å². The fraction of sp³-hybridized carbons (Fsp3) is 0.375. The molecule has 0 saturated carbocycles. The van der Waals surface area contributed by atoms with E-state index in [1.54, 1.807) is 29.3 Å². The van der Waals surface area contributed by atoms with Gasteiger partial charge in [-0.25, -0.2) is 0 Å². The molecule has 0 spiro atoms. The molecule has 0 aromatic carbocycles. The van der Waals surface area contributed by atoms with Gasteiger partial charge < -0.3 is 0 Å². The minimum Gasteiger partial charge on any atom is -0.294 e. The molecule has 4 heteroatoms. The van der Waals surface area contributed by atoms with E-state index < -0.39 is 0 Å². The molecular formula is C16H17NOS2. The number of pyridine rings is 1. The van der Waals surface area contributed by atoms with Crippen LogP contribution >= 0.6 is 23.1 Å². The summed E-state index contributed by atoms with van der Waals surface area (Å²) >= 11 is 3.42. The van der Waals surface area contributed by atoms with Crippen molar-refractivity contribution < 1.29 is 4.79 Å². The van der Waals surface area contributed by atoms with Crippen LogP contribution in [0.15, 0.2) is 28.7 Å². The lowest BCUT2D eigenvalue weighted by Crippen LogP contribution is -2.26. The van der Waals surface area contributed by atoms with Crippen LogP contribution in [0, 0.1) is 5.41 Å². The van der Waals surface area contributed by atoms with Crippen LogP contribution in [0.25, 0.3) is 10.4 Å². The van der Waals surface area contributed by atoms with Crippen molar-refractivity contribution in [2.45, 2.75) is 30.9 Å². The predicted octanol–water partition coefficient (Wildman–Crippen LogP) is 4.69. The summed E-state index contributed by atoms with van der Waals surface area (Å²) in [5.74, 6) is 0.298. The second-order valence-electron chi connectivity index (χ2n) is 5.96. The summed E-state index contributed by atoms with van der Waals surface area (Å²) in [5.41, 5.74) is 3.38. The Morgan fingerprint density at radius 1 is 1.35 bits per heavy atom. The highest BCUT2D eigenvalue weighted by molar-refractivity contribution is 8.00. The van der Waals surface area contributed by atoms with Crippen LogP contribution in [-0.2, 0) is 6.42 Å². The first kappa shape index (κ1) is 13.8. The van der Waals surface area contributed by atoms with Gasteiger partial charge in [0.15, 0.2) is 5.78 Å². The number of ketones is 1. The van der Waals surface area contributed by atoms with Gasteiger partial charge in [-0.2, -0.15) is 0 Å². The van der Waals surface area contributed by atoms with E-state index in [0.717, 1.165) is 21.8 Å². The molecule has 1 aliphatic carbocycles. The highest BCUT2D eigenvalue weighted by Gasteiger charge is 2.36. The molecule has 0 N–H and O–H groups in total. The molecule has 0 aliphatic heterocycles. The van der Waals surface area contributed by atoms with Crippen molar-refractivity contribution in [3.8, 4) is 10.4 Å². The van der Waals surface area contributed by atoms with Gasteiger partial charge in [0.05, 0.1) is 4.21 Å². The molecule has 0 bridgehead atoms. The van der Waals surface area contributed by atoms with Crippen LogP contribution in [0.5, 0.6) is 0 Å². The van der Waals surface area contributed by atoms with Crippen LogP contribution in [-0.4, -0.2) is 17.0 Å². The van der Waals surface area contributed by atoms with Crippen molar-refractivity contribution in [3.63, 3.8) is 0 Å². The number of fused-ring (bicyclic) bond motifs is 1. The molecular weight excluding hydrogens is 286 g/mol. The molecule has 0 fully saturated rings. The minimum atomic E-state index is 0.0534. The van der Waals surface area contributed by atoms with E-state index in [9.17, 15) is 4.79 Å². The van der Waals surface area contributed by atoms with Crippen LogP contribution < -0.4 is 0 Å². The molecule has 1 aliphatic rings. The van der Waals surface area contributed by atoms with Gasteiger partial charge in [0.25, 0.3) is 0 Å². The number of carbonyl (C=O) groups excluding carboxylic acids is 1. The molecule has 0 unspecified atom stereocenters. The van der Waals surface area contributed by atoms with Crippen molar-refractivity contribution in [1.29, 1.82) is 0 Å². The maximum atomic E-state index is 12.5. The zero-order valence-electron chi connectivity index (χ0n) is 11.9. The smallest absolute Gasteiger partial charge is 0.165 e. The topological polar surface area (TPSA) is 30.0 Å². The molecule has 2 aromatic rings. The quantitative estimate of drug-likeness (QED) is 0.754. The van der Waals surface area contributed by atoms with E-state index in [4.69, 9.17) is 0 Å². The third kappa shape index (κ3) is 2.31. The van der Waals surface area contributed by atoms with Gasteiger partial charge in [0.2, 0.25) is 0 Å². The number of thiophene rings is 1. The third-order valence-corrected chi connectivity index (χ3v) is 6.06. The zero-order valence-corrected chi connectivity index (χ0v) is 13.5. The Hall–Kier alpha value is -1.13. The van der Waals surface area contributed by atoms with Gasteiger partial charge >= 0.3 is 0 Å². The van der Waals surface area contributed by atoms with Crippen molar-refractivity contribution in [2.75, 3.05) is 6.26 Å². The monoisotopic (exact) mass is 303 g/mol. The lowest BCUT2D eigenvalue weighted by atomic mass is 9.74. The molecule has 0 saturated heterocycles. The molecule has 2 aromatic heterocycles. The van der Waals surface area contributed by atoms with Crippen molar-refractivity contribution in [3.05, 3.63) is 35.7 Å². The predicted molar refractivity (Wildman–Crippen MR) is 85.8 cm³/mol. The summed E-state index contributed by atoms with van der Waals surface area (Å²) in [6.45, 7) is 4.36. The summed E-state index contributed by atoms with van der Waals surface area (Å²) in [7, 11) is 0. The molecule has 3 rings (SSSR count). The third-order valence-electron chi connectivity index (χ3n) is 3.66. The number of aromatic nitrogens is 1. The van der Waals surface area contributed by atoms with Gasteiger partial charge in [-0.1, -0.05) is 19.9 Å². The number of hydrogen-bond donors (Lipinski definition) is 0. The van der Waals surface area contributed by atoms with E-state index in [1.807, 2.05) is 18.5 Å². The fourth-order valence-corrected chi connectivity index (χ4v) is 4.92. The van der Waals surface area contributed by atoms with Gasteiger partial charge in [-0.05, 0) is 29.7 Å². The van der Waals surface area contributed by atoms with Gasteiger partial charge in [0, 0.05) is 34.8 Å². The molecule has 0 radical (unpaired) electrons. The Labute approximate surface area is 127 Å². The summed E-state index contributed by atoms with van der Waals surface area (Å²) < 4.78 is 1.15. The van der Waals surface area contributed by atoms with Gasteiger partial charge in [-0.15, -0.1) is 23.1 Å². The maximum Gasteiger partial charge on any atom is 0.165 e. The average molecular weight is 303 g/mol. The first-order valence-corrected chi connectivity index (χ1v) is 8.69. The normalized spacial score (nSPS) is 17.1. The molecule has 2 nitrogen and oxygen atoms in total. The van der Waals surface area contributed by atoms with Crippen LogP contribution in [0.4, 0.5) is 0 Å². The highest BCUT2D eigenvalue weighted by Crippen LogP contribution is 2.47. The van der Waals surface area contributed by atoms with Crippen LogP contribution in [0.1, 0.15) is 36.2 Å². The molecule has 20 heavy (non-hydrogen) atoms. The van der Waals surface area contributed by atoms with Crippen LogP contribution in [0.2, 0.25) is 0 Å². The Morgan fingerprint density at radius 2 is 2.15 bits per heavy atom. The minimum absolute atomic E-state index is 0.0534. The maximum absolute atomic E-state index is 12.5. The highest BCUT2D eigenvalue weighted by atomic mass is 32.2.